The molecule has 2 heterocycles. The van der Waals surface area contributed by atoms with Crippen LogP contribution in [-0.2, 0) is 38.3 Å². The zero-order valence-electron chi connectivity index (χ0n) is 40.2. The number of rotatable bonds is 18. The summed E-state index contributed by atoms with van der Waals surface area (Å²) in [5, 5.41) is 0.191. The van der Waals surface area contributed by atoms with Gasteiger partial charge in [-0.3, -0.25) is 19.3 Å². The number of hydrogen-bond donors (Lipinski definition) is 0. The minimum absolute atomic E-state index is 0.0405. The van der Waals surface area contributed by atoms with Crippen LogP contribution in [0, 0.1) is 0 Å². The number of hydrogen-bond acceptors (Lipinski definition) is 8. The first kappa shape index (κ1) is 49.0. The van der Waals surface area contributed by atoms with Gasteiger partial charge in [0, 0.05) is 110 Å². The van der Waals surface area contributed by atoms with Crippen LogP contribution in [0.2, 0.25) is 18.1 Å². The summed E-state index contributed by atoms with van der Waals surface area (Å²) < 4.78 is 12.1. The predicted molar refractivity (Wildman–Crippen MR) is 267 cm³/mol. The molecule has 1 atom stereocenters. The van der Waals surface area contributed by atoms with Gasteiger partial charge in [0.15, 0.2) is 8.32 Å². The van der Waals surface area contributed by atoms with Gasteiger partial charge in [-0.25, -0.2) is 0 Å². The lowest BCUT2D eigenvalue weighted by molar-refractivity contribution is -0.145. The molecule has 11 nitrogen and oxygen atoms in total. The fraction of sp³-hybridized carbons (Fsp3) is 0.453. The molecule has 2 aliphatic heterocycles. The zero-order valence-corrected chi connectivity index (χ0v) is 41.2. The lowest BCUT2D eigenvalue weighted by Crippen LogP contribution is -2.56. The molecule has 0 N–H and O–H groups in total. The summed E-state index contributed by atoms with van der Waals surface area (Å²) >= 11 is 0. The van der Waals surface area contributed by atoms with E-state index < -0.39 is 14.4 Å². The van der Waals surface area contributed by atoms with Crippen molar-refractivity contribution in [2.24, 2.45) is 0 Å². The van der Waals surface area contributed by atoms with Crippen LogP contribution in [0.1, 0.15) is 56.9 Å². The van der Waals surface area contributed by atoms with Crippen LogP contribution in [0.3, 0.4) is 0 Å². The molecule has 4 aromatic rings. The summed E-state index contributed by atoms with van der Waals surface area (Å²) in [6.07, 6.45) is 3.80. The van der Waals surface area contributed by atoms with Crippen molar-refractivity contribution in [3.8, 4) is 5.75 Å². The molecule has 3 amide bonds. The summed E-state index contributed by atoms with van der Waals surface area (Å²) in [5.41, 5.74) is 6.28. The van der Waals surface area contributed by atoms with E-state index in [0.717, 1.165) is 67.4 Å². The van der Waals surface area contributed by atoms with E-state index in [1.54, 1.807) is 17.9 Å². The van der Waals surface area contributed by atoms with E-state index in [2.05, 4.69) is 104 Å². The van der Waals surface area contributed by atoms with Crippen LogP contribution in [0.25, 0.3) is 6.08 Å². The molecule has 2 aliphatic rings. The molecule has 4 aromatic carbocycles. The molecule has 0 bridgehead atoms. The van der Waals surface area contributed by atoms with Crippen molar-refractivity contribution in [2.45, 2.75) is 78.3 Å². The van der Waals surface area contributed by atoms with Gasteiger partial charge in [0.1, 0.15) is 11.8 Å². The Morgan fingerprint density at radius 3 is 1.97 bits per heavy atom. The Hall–Kier alpha value is -5.43. The Balaban J connectivity index is 1.15. The summed E-state index contributed by atoms with van der Waals surface area (Å²) in [5.74, 6) is 0.608. The lowest BCUT2D eigenvalue weighted by atomic mass is 10.0. The van der Waals surface area contributed by atoms with Crippen molar-refractivity contribution < 1.29 is 23.5 Å². The Morgan fingerprint density at radius 2 is 1.37 bits per heavy atom. The van der Waals surface area contributed by atoms with Crippen LogP contribution < -0.4 is 14.5 Å². The Kier molecular flexibility index (Phi) is 17.1. The first-order valence-electron chi connectivity index (χ1n) is 23.4. The molecular weight excluding hydrogens is 829 g/mol. The zero-order chi connectivity index (χ0) is 46.6. The molecule has 65 heavy (non-hydrogen) atoms. The van der Waals surface area contributed by atoms with Crippen molar-refractivity contribution in [3.05, 3.63) is 131 Å². The average molecular weight is 901 g/mol. The minimum Gasteiger partial charge on any atom is -0.494 e. The molecule has 0 radical (unpaired) electrons. The number of likely N-dealkylation sites (N-methyl/N-ethyl adjacent to an activating group) is 1. The monoisotopic (exact) mass is 901 g/mol. The van der Waals surface area contributed by atoms with E-state index in [1.165, 1.54) is 11.3 Å². The van der Waals surface area contributed by atoms with E-state index in [9.17, 15) is 14.4 Å². The maximum atomic E-state index is 14.9. The third kappa shape index (κ3) is 13.8. The molecule has 0 spiro atoms. The normalized spacial score (nSPS) is 15.5. The van der Waals surface area contributed by atoms with Gasteiger partial charge < -0.3 is 33.7 Å². The molecular formula is C53H72N6O5Si. The van der Waals surface area contributed by atoms with Gasteiger partial charge in [-0.15, -0.1) is 0 Å². The molecule has 2 saturated heterocycles. The molecule has 0 aromatic heterocycles. The van der Waals surface area contributed by atoms with E-state index >= 15 is 0 Å². The minimum atomic E-state index is -1.79. The van der Waals surface area contributed by atoms with Gasteiger partial charge in [0.05, 0.1) is 13.2 Å². The number of nitrogens with zero attached hydrogens (tertiary/aromatic N) is 6. The van der Waals surface area contributed by atoms with Gasteiger partial charge >= 0.3 is 0 Å². The van der Waals surface area contributed by atoms with Crippen LogP contribution in [0.5, 0.6) is 5.75 Å². The van der Waals surface area contributed by atoms with Crippen LogP contribution in [0.4, 0.5) is 11.4 Å². The van der Waals surface area contributed by atoms with E-state index in [0.29, 0.717) is 45.8 Å². The summed E-state index contributed by atoms with van der Waals surface area (Å²) in [7, 11) is 0.331. The van der Waals surface area contributed by atoms with Gasteiger partial charge in [-0.1, -0.05) is 87.5 Å². The predicted octanol–water partition coefficient (Wildman–Crippen LogP) is 8.21. The Labute approximate surface area is 389 Å². The first-order valence-corrected chi connectivity index (χ1v) is 26.3. The summed E-state index contributed by atoms with van der Waals surface area (Å²) in [6, 6.07) is 34.0. The Bertz CT molecular complexity index is 2160. The van der Waals surface area contributed by atoms with Gasteiger partial charge in [0.2, 0.25) is 17.7 Å². The highest BCUT2D eigenvalue weighted by atomic mass is 28.4. The standard InChI is InChI=1S/C53H72N6O5Si/c1-9-63-49-26-19-43(20-27-49)21-28-51(61)59(41-46-17-24-48(25-18-46)57-35-33-56(34-36-57)42(2)60)50(39-44-13-11-10-12-14-44)52(62)58-31-29-55(30-32-58)40-45-15-22-47(23-16-45)54(6)37-38-64-65(7,8)53(3,4)5/h10-28,50H,9,29-41H2,1-8H3. The first-order chi connectivity index (χ1) is 31.1. The van der Waals surface area contributed by atoms with Crippen LogP contribution in [-0.4, -0.2) is 131 Å². The van der Waals surface area contributed by atoms with Gasteiger partial charge in [0.25, 0.3) is 0 Å². The second-order valence-electron chi connectivity index (χ2n) is 19.0. The third-order valence-corrected chi connectivity index (χ3v) is 17.9. The maximum absolute atomic E-state index is 14.9. The molecule has 1 unspecified atom stereocenters. The molecule has 6 rings (SSSR count). The highest BCUT2D eigenvalue weighted by Crippen LogP contribution is 2.36. The average Bonchev–Trinajstić information content (AvgIpc) is 3.30. The number of carbonyl (C=O) groups is 3. The molecule has 2 fully saturated rings. The fourth-order valence-corrected chi connectivity index (χ4v) is 9.17. The van der Waals surface area contributed by atoms with Gasteiger partial charge in [-0.2, -0.15) is 0 Å². The quantitative estimate of drug-likeness (QED) is 0.0730. The van der Waals surface area contributed by atoms with E-state index in [4.69, 9.17) is 9.16 Å². The van der Waals surface area contributed by atoms with Crippen molar-refractivity contribution in [2.75, 3.05) is 89.0 Å². The molecule has 348 valence electrons. The highest BCUT2D eigenvalue weighted by molar-refractivity contribution is 6.74. The lowest BCUT2D eigenvalue weighted by Gasteiger charge is -2.39. The second kappa shape index (κ2) is 22.7. The van der Waals surface area contributed by atoms with Crippen molar-refractivity contribution in [1.29, 1.82) is 0 Å². The smallest absolute Gasteiger partial charge is 0.247 e. The third-order valence-electron chi connectivity index (χ3n) is 13.4. The number of carbonyl (C=O) groups excluding carboxylic acids is 3. The topological polar surface area (TPSA) is 89.1 Å². The van der Waals surface area contributed by atoms with Gasteiger partial charge in [-0.05, 0) is 89.8 Å². The Morgan fingerprint density at radius 1 is 0.754 bits per heavy atom. The molecule has 0 saturated carbocycles. The largest absolute Gasteiger partial charge is 0.494 e. The number of amides is 3. The fourth-order valence-electron chi connectivity index (χ4n) is 8.14. The number of ether oxygens (including phenoxy) is 1. The number of benzene rings is 4. The van der Waals surface area contributed by atoms with Crippen molar-refractivity contribution >= 4 is 43.5 Å². The highest BCUT2D eigenvalue weighted by Gasteiger charge is 2.37. The second-order valence-corrected chi connectivity index (χ2v) is 23.8. The van der Waals surface area contributed by atoms with Crippen molar-refractivity contribution in [3.63, 3.8) is 0 Å². The van der Waals surface area contributed by atoms with Crippen molar-refractivity contribution in [1.82, 2.24) is 19.6 Å². The number of anilines is 2. The molecule has 0 aliphatic carbocycles. The maximum Gasteiger partial charge on any atom is 0.247 e. The SMILES string of the molecule is CCOc1ccc(C=CC(=O)N(Cc2ccc(N3CCN(C(C)=O)CC3)cc2)C(Cc2ccccc2)C(=O)N2CCN(Cc3ccc(N(C)CCO[Si](C)(C)C(C)(C)C)cc3)CC2)cc1. The van der Waals surface area contributed by atoms with E-state index in [1.807, 2.05) is 77.4 Å². The van der Waals surface area contributed by atoms with Crippen LogP contribution >= 0.6 is 0 Å². The summed E-state index contributed by atoms with van der Waals surface area (Å²) in [4.78, 5) is 53.9. The summed E-state index contributed by atoms with van der Waals surface area (Å²) in [6.45, 7) is 23.7. The number of piperazine rings is 2. The van der Waals surface area contributed by atoms with E-state index in [-0.39, 0.29) is 29.3 Å². The van der Waals surface area contributed by atoms with Crippen LogP contribution in [0.15, 0.2) is 109 Å². The molecule has 12 heteroatoms.